The van der Waals surface area contributed by atoms with Gasteiger partial charge in [0.1, 0.15) is 0 Å². The van der Waals surface area contributed by atoms with E-state index < -0.39 is 0 Å². The summed E-state index contributed by atoms with van der Waals surface area (Å²) in [6, 6.07) is 21.8. The van der Waals surface area contributed by atoms with Crippen molar-refractivity contribution in [3.05, 3.63) is 72.3 Å². The number of nitrogens with zero attached hydrogens (tertiary/aromatic N) is 1. The highest BCUT2D eigenvalue weighted by molar-refractivity contribution is 6.08. The number of carbonyl (C=O) groups excluding carboxylic acids is 2. The molecule has 1 amide bonds. The minimum absolute atomic E-state index is 0.150. The summed E-state index contributed by atoms with van der Waals surface area (Å²) in [5.41, 5.74) is 5.15. The number of rotatable bonds is 10. The van der Waals surface area contributed by atoms with Crippen molar-refractivity contribution < 1.29 is 19.1 Å². The lowest BCUT2D eigenvalue weighted by atomic mass is 10.1. The van der Waals surface area contributed by atoms with Crippen molar-refractivity contribution in [3.8, 4) is 0 Å². The fourth-order valence-electron chi connectivity index (χ4n) is 3.98. The van der Waals surface area contributed by atoms with Gasteiger partial charge in [0.25, 0.3) is 0 Å². The van der Waals surface area contributed by atoms with Crippen LogP contribution in [0.15, 0.2) is 66.7 Å². The van der Waals surface area contributed by atoms with E-state index in [1.54, 1.807) is 6.92 Å². The second-order valence-corrected chi connectivity index (χ2v) is 8.21. The van der Waals surface area contributed by atoms with Crippen molar-refractivity contribution in [1.29, 1.82) is 0 Å². The molecular formula is C28H29N3O4. The van der Waals surface area contributed by atoms with Crippen molar-refractivity contribution in [1.82, 2.24) is 4.98 Å². The third-order valence-electron chi connectivity index (χ3n) is 5.41. The first-order chi connectivity index (χ1) is 17.0. The molecule has 0 aliphatic carbocycles. The Morgan fingerprint density at radius 3 is 2.23 bits per heavy atom. The number of esters is 1. The minimum atomic E-state index is -0.216. The average molecular weight is 472 g/mol. The zero-order valence-corrected chi connectivity index (χ0v) is 20.0. The van der Waals surface area contributed by atoms with E-state index in [0.29, 0.717) is 38.3 Å². The highest BCUT2D eigenvalue weighted by Gasteiger charge is 2.11. The van der Waals surface area contributed by atoms with E-state index in [9.17, 15) is 9.59 Å². The summed E-state index contributed by atoms with van der Waals surface area (Å²) in [5.74, 6) is -0.365. The molecule has 0 saturated carbocycles. The van der Waals surface area contributed by atoms with Crippen LogP contribution in [-0.4, -0.2) is 30.1 Å². The van der Waals surface area contributed by atoms with Gasteiger partial charge in [0.2, 0.25) is 5.91 Å². The molecule has 1 aromatic heterocycles. The normalized spacial score (nSPS) is 10.9. The van der Waals surface area contributed by atoms with Crippen molar-refractivity contribution in [2.45, 2.75) is 33.3 Å². The second-order valence-electron chi connectivity index (χ2n) is 8.21. The van der Waals surface area contributed by atoms with Gasteiger partial charge in [-0.15, -0.1) is 0 Å². The molecule has 0 bridgehead atoms. The van der Waals surface area contributed by atoms with Crippen LogP contribution in [0, 0.1) is 0 Å². The molecule has 2 N–H and O–H groups in total. The minimum Gasteiger partial charge on any atom is -0.466 e. The maximum Gasteiger partial charge on any atom is 0.305 e. The number of fused-ring (bicyclic) bond motifs is 2. The number of pyridine rings is 1. The Labute approximate surface area is 204 Å². The first-order valence-corrected chi connectivity index (χ1v) is 11.7. The maximum atomic E-state index is 11.7. The molecule has 35 heavy (non-hydrogen) atoms. The maximum absolute atomic E-state index is 11.7. The molecule has 4 aromatic rings. The van der Waals surface area contributed by atoms with Gasteiger partial charge in [-0.2, -0.15) is 0 Å². The van der Waals surface area contributed by atoms with Crippen LogP contribution in [0.4, 0.5) is 17.1 Å². The Kier molecular flexibility index (Phi) is 7.90. The van der Waals surface area contributed by atoms with Gasteiger partial charge in [0.15, 0.2) is 0 Å². The summed E-state index contributed by atoms with van der Waals surface area (Å²) in [6.07, 6.45) is 0.916. The molecule has 0 aliphatic heterocycles. The molecular weight excluding hydrogens is 442 g/mol. The predicted molar refractivity (Wildman–Crippen MR) is 139 cm³/mol. The molecule has 0 fully saturated rings. The third kappa shape index (κ3) is 6.33. The van der Waals surface area contributed by atoms with E-state index in [4.69, 9.17) is 14.5 Å². The van der Waals surface area contributed by atoms with E-state index in [1.807, 2.05) is 66.7 Å². The number of carbonyl (C=O) groups is 2. The molecule has 0 atom stereocenters. The van der Waals surface area contributed by atoms with Gasteiger partial charge in [-0.3, -0.25) is 9.59 Å². The van der Waals surface area contributed by atoms with Crippen LogP contribution in [0.25, 0.3) is 21.8 Å². The summed E-state index contributed by atoms with van der Waals surface area (Å²) < 4.78 is 10.7. The topological polar surface area (TPSA) is 89.5 Å². The molecule has 0 unspecified atom stereocenters. The number of nitrogens with one attached hydrogen (secondary N) is 2. The summed E-state index contributed by atoms with van der Waals surface area (Å²) in [5, 5.41) is 8.45. The van der Waals surface area contributed by atoms with E-state index in [1.165, 1.54) is 6.92 Å². The number of benzene rings is 3. The summed E-state index contributed by atoms with van der Waals surface area (Å²) in [6.45, 7) is 4.44. The SMILES string of the molecule is CCOC(=O)CCCOCc1cc(NC(C)=O)cc(Nc2c3ccccc3nc3ccccc23)c1. The molecule has 7 nitrogen and oxygen atoms in total. The van der Waals surface area contributed by atoms with Crippen molar-refractivity contribution in [3.63, 3.8) is 0 Å². The molecule has 0 saturated heterocycles. The van der Waals surface area contributed by atoms with Gasteiger partial charge < -0.3 is 20.1 Å². The number of hydrogen-bond acceptors (Lipinski definition) is 6. The first-order valence-electron chi connectivity index (χ1n) is 11.7. The molecule has 1 heterocycles. The smallest absolute Gasteiger partial charge is 0.305 e. The number of hydrogen-bond donors (Lipinski definition) is 2. The van der Waals surface area contributed by atoms with Crippen LogP contribution in [0.2, 0.25) is 0 Å². The second kappa shape index (κ2) is 11.4. The number of amides is 1. The number of ether oxygens (including phenoxy) is 2. The number of para-hydroxylation sites is 2. The predicted octanol–water partition coefficient (Wildman–Crippen LogP) is 5.95. The van der Waals surface area contributed by atoms with Crippen LogP contribution in [0.5, 0.6) is 0 Å². The van der Waals surface area contributed by atoms with Gasteiger partial charge in [0, 0.05) is 42.1 Å². The molecule has 0 radical (unpaired) electrons. The average Bonchev–Trinajstić information content (AvgIpc) is 2.83. The Morgan fingerprint density at radius 2 is 1.57 bits per heavy atom. The molecule has 4 rings (SSSR count). The zero-order chi connectivity index (χ0) is 24.6. The van der Waals surface area contributed by atoms with Gasteiger partial charge in [-0.05, 0) is 49.2 Å². The lowest BCUT2D eigenvalue weighted by molar-refractivity contribution is -0.143. The van der Waals surface area contributed by atoms with E-state index in [0.717, 1.165) is 38.7 Å². The Bertz CT molecular complexity index is 1300. The number of anilines is 3. The highest BCUT2D eigenvalue weighted by atomic mass is 16.5. The third-order valence-corrected chi connectivity index (χ3v) is 5.41. The van der Waals surface area contributed by atoms with Crippen LogP contribution in [-0.2, 0) is 25.7 Å². The summed E-state index contributed by atoms with van der Waals surface area (Å²) in [4.78, 5) is 28.0. The Hall–Kier alpha value is -3.97. The van der Waals surface area contributed by atoms with Gasteiger partial charge in [0.05, 0.1) is 29.9 Å². The molecule has 0 spiro atoms. The van der Waals surface area contributed by atoms with Crippen molar-refractivity contribution in [2.24, 2.45) is 0 Å². The lowest BCUT2D eigenvalue weighted by Crippen LogP contribution is -2.08. The Morgan fingerprint density at radius 1 is 0.914 bits per heavy atom. The molecule has 7 heteroatoms. The van der Waals surface area contributed by atoms with Crippen LogP contribution in [0.3, 0.4) is 0 Å². The fraction of sp³-hybridized carbons (Fsp3) is 0.250. The van der Waals surface area contributed by atoms with E-state index >= 15 is 0 Å². The van der Waals surface area contributed by atoms with Crippen molar-refractivity contribution >= 4 is 50.7 Å². The largest absolute Gasteiger partial charge is 0.466 e. The molecule has 180 valence electrons. The standard InChI is InChI=1S/C28H29N3O4/c1-3-35-27(33)13-8-14-34-18-20-15-21(29-19(2)32)17-22(16-20)30-28-23-9-4-6-11-25(23)31-26-12-7-5-10-24(26)28/h4-7,9-12,15-17H,3,8,13-14,18H2,1-2H3,(H,29,32)(H,30,31). The lowest BCUT2D eigenvalue weighted by Gasteiger charge is -2.16. The van der Waals surface area contributed by atoms with Crippen molar-refractivity contribution in [2.75, 3.05) is 23.8 Å². The van der Waals surface area contributed by atoms with Crippen LogP contribution in [0.1, 0.15) is 32.3 Å². The molecule has 3 aromatic carbocycles. The Balaban J connectivity index is 1.59. The quantitative estimate of drug-likeness (QED) is 0.169. The summed E-state index contributed by atoms with van der Waals surface area (Å²) in [7, 11) is 0. The highest BCUT2D eigenvalue weighted by Crippen LogP contribution is 2.34. The number of aromatic nitrogens is 1. The van der Waals surface area contributed by atoms with Crippen LogP contribution >= 0.6 is 0 Å². The summed E-state index contributed by atoms with van der Waals surface area (Å²) >= 11 is 0. The van der Waals surface area contributed by atoms with Crippen LogP contribution < -0.4 is 10.6 Å². The fourth-order valence-corrected chi connectivity index (χ4v) is 3.98. The van der Waals surface area contributed by atoms with E-state index in [-0.39, 0.29) is 11.9 Å². The van der Waals surface area contributed by atoms with Gasteiger partial charge in [-0.25, -0.2) is 4.98 Å². The monoisotopic (exact) mass is 471 g/mol. The van der Waals surface area contributed by atoms with Gasteiger partial charge in [-0.1, -0.05) is 36.4 Å². The van der Waals surface area contributed by atoms with E-state index in [2.05, 4.69) is 10.6 Å². The molecule has 0 aliphatic rings. The van der Waals surface area contributed by atoms with Gasteiger partial charge >= 0.3 is 5.97 Å². The first kappa shape index (κ1) is 24.2. The zero-order valence-electron chi connectivity index (χ0n) is 20.0.